The van der Waals surface area contributed by atoms with Crippen molar-refractivity contribution in [1.29, 1.82) is 0 Å². The number of thiophene rings is 1. The minimum atomic E-state index is -0.751. The standard InChI is InChI=1S/C21H30N2O5S/c1-6-27-20(28-7-2)15(4)23(19(24)14(3)22-21(25)26-5)12-16-13-29-18-11-9-8-10-17(16)18/h8-11,13-15,20H,6-7,12H2,1-5H3,(H,22,25)/t14-,15-/m0/s1. The first-order valence-corrected chi connectivity index (χ1v) is 10.6. The van der Waals surface area contributed by atoms with Gasteiger partial charge in [0.15, 0.2) is 6.29 Å². The summed E-state index contributed by atoms with van der Waals surface area (Å²) in [5.41, 5.74) is 1.04. The molecular weight excluding hydrogens is 392 g/mol. The van der Waals surface area contributed by atoms with Gasteiger partial charge in [-0.1, -0.05) is 18.2 Å². The second-order valence-corrected chi connectivity index (χ2v) is 7.51. The molecule has 0 aliphatic rings. The van der Waals surface area contributed by atoms with Crippen molar-refractivity contribution in [1.82, 2.24) is 10.2 Å². The van der Waals surface area contributed by atoms with Crippen molar-refractivity contribution < 1.29 is 23.8 Å². The van der Waals surface area contributed by atoms with E-state index < -0.39 is 18.4 Å². The van der Waals surface area contributed by atoms with Crippen molar-refractivity contribution in [3.63, 3.8) is 0 Å². The minimum absolute atomic E-state index is 0.234. The number of alkyl carbamates (subject to hydrolysis) is 1. The average Bonchev–Trinajstić information content (AvgIpc) is 3.13. The van der Waals surface area contributed by atoms with Gasteiger partial charge in [0.05, 0.1) is 13.2 Å². The zero-order valence-corrected chi connectivity index (χ0v) is 18.5. The lowest BCUT2D eigenvalue weighted by molar-refractivity contribution is -0.179. The van der Waals surface area contributed by atoms with E-state index in [4.69, 9.17) is 9.47 Å². The molecule has 1 N–H and O–H groups in total. The average molecular weight is 423 g/mol. The Labute approximate surface area is 175 Å². The molecule has 2 atom stereocenters. The molecule has 0 spiro atoms. The van der Waals surface area contributed by atoms with Crippen molar-refractivity contribution in [2.24, 2.45) is 0 Å². The molecule has 2 amide bonds. The van der Waals surface area contributed by atoms with Gasteiger partial charge in [-0.3, -0.25) is 4.79 Å². The molecule has 7 nitrogen and oxygen atoms in total. The van der Waals surface area contributed by atoms with Crippen LogP contribution in [0.4, 0.5) is 4.79 Å². The largest absolute Gasteiger partial charge is 0.453 e. The molecule has 8 heteroatoms. The van der Waals surface area contributed by atoms with Gasteiger partial charge in [-0.05, 0) is 50.1 Å². The Morgan fingerprint density at radius 3 is 2.41 bits per heavy atom. The van der Waals surface area contributed by atoms with E-state index in [-0.39, 0.29) is 11.9 Å². The zero-order valence-electron chi connectivity index (χ0n) is 17.6. The number of ether oxygens (including phenoxy) is 3. The molecule has 1 aromatic heterocycles. The van der Waals surface area contributed by atoms with Crippen LogP contribution in [0.3, 0.4) is 0 Å². The predicted molar refractivity (Wildman–Crippen MR) is 114 cm³/mol. The Bertz CT molecular complexity index is 803. The van der Waals surface area contributed by atoms with Crippen LogP contribution in [0.2, 0.25) is 0 Å². The number of nitrogens with one attached hydrogen (secondary N) is 1. The van der Waals surface area contributed by atoms with Crippen molar-refractivity contribution in [2.75, 3.05) is 20.3 Å². The third-order valence-corrected chi connectivity index (χ3v) is 5.63. The lowest BCUT2D eigenvalue weighted by Gasteiger charge is -2.35. The Hall–Kier alpha value is -2.16. The lowest BCUT2D eigenvalue weighted by Crippen LogP contribution is -2.53. The summed E-state index contributed by atoms with van der Waals surface area (Å²) in [5.74, 6) is -0.234. The highest BCUT2D eigenvalue weighted by molar-refractivity contribution is 7.17. The summed E-state index contributed by atoms with van der Waals surface area (Å²) in [6, 6.07) is 6.98. The molecule has 0 saturated carbocycles. The van der Waals surface area contributed by atoms with Crippen molar-refractivity contribution in [3.8, 4) is 0 Å². The number of fused-ring (bicyclic) bond motifs is 1. The van der Waals surface area contributed by atoms with E-state index in [1.54, 1.807) is 23.2 Å². The van der Waals surface area contributed by atoms with Gasteiger partial charge in [0, 0.05) is 24.5 Å². The first-order chi connectivity index (χ1) is 13.9. The Kier molecular flexibility index (Phi) is 8.88. The van der Waals surface area contributed by atoms with Gasteiger partial charge in [-0.2, -0.15) is 0 Å². The van der Waals surface area contributed by atoms with E-state index in [0.717, 1.165) is 15.6 Å². The number of carbonyl (C=O) groups is 2. The van der Waals surface area contributed by atoms with Crippen molar-refractivity contribution >= 4 is 33.4 Å². The molecule has 1 heterocycles. The molecule has 0 saturated heterocycles. The number of benzene rings is 1. The Morgan fingerprint density at radius 2 is 1.79 bits per heavy atom. The molecule has 0 bridgehead atoms. The number of nitrogens with zero attached hydrogens (tertiary/aromatic N) is 1. The molecule has 1 aromatic carbocycles. The molecule has 29 heavy (non-hydrogen) atoms. The summed E-state index contributed by atoms with van der Waals surface area (Å²) >= 11 is 1.64. The topological polar surface area (TPSA) is 77.1 Å². The summed E-state index contributed by atoms with van der Waals surface area (Å²) < 4.78 is 17.3. The monoisotopic (exact) mass is 422 g/mol. The molecular formula is C21H30N2O5S. The second-order valence-electron chi connectivity index (χ2n) is 6.60. The second kappa shape index (κ2) is 11.1. The van der Waals surface area contributed by atoms with E-state index >= 15 is 0 Å². The zero-order chi connectivity index (χ0) is 21.4. The van der Waals surface area contributed by atoms with Crippen LogP contribution in [0.1, 0.15) is 33.3 Å². The summed E-state index contributed by atoms with van der Waals surface area (Å²) in [6.45, 7) is 8.63. The summed E-state index contributed by atoms with van der Waals surface area (Å²) in [7, 11) is 1.27. The summed E-state index contributed by atoms with van der Waals surface area (Å²) in [5, 5.41) is 5.73. The van der Waals surface area contributed by atoms with Crippen LogP contribution in [0.25, 0.3) is 10.1 Å². The fraction of sp³-hybridized carbons (Fsp3) is 0.524. The fourth-order valence-electron chi connectivity index (χ4n) is 3.11. The number of methoxy groups -OCH3 is 1. The van der Waals surface area contributed by atoms with E-state index in [1.165, 1.54) is 7.11 Å². The highest BCUT2D eigenvalue weighted by atomic mass is 32.1. The molecule has 160 valence electrons. The molecule has 0 aliphatic heterocycles. The molecule has 0 unspecified atom stereocenters. The predicted octanol–water partition coefficient (Wildman–Crippen LogP) is 3.76. The van der Waals surface area contributed by atoms with E-state index in [9.17, 15) is 9.59 Å². The Balaban J connectivity index is 2.33. The van der Waals surface area contributed by atoms with Crippen LogP contribution in [0.15, 0.2) is 29.6 Å². The first kappa shape index (κ1) is 23.1. The molecule has 0 fully saturated rings. The molecule has 2 aromatic rings. The van der Waals surface area contributed by atoms with Crippen LogP contribution < -0.4 is 5.32 Å². The van der Waals surface area contributed by atoms with Gasteiger partial charge >= 0.3 is 6.09 Å². The highest BCUT2D eigenvalue weighted by Gasteiger charge is 2.32. The van der Waals surface area contributed by atoms with E-state index in [0.29, 0.717) is 19.8 Å². The van der Waals surface area contributed by atoms with E-state index in [2.05, 4.69) is 21.5 Å². The van der Waals surface area contributed by atoms with E-state index in [1.807, 2.05) is 39.0 Å². The number of hydrogen-bond donors (Lipinski definition) is 1. The third-order valence-electron chi connectivity index (χ3n) is 4.62. The number of amides is 2. The maximum absolute atomic E-state index is 13.3. The minimum Gasteiger partial charge on any atom is -0.453 e. The van der Waals surface area contributed by atoms with Crippen LogP contribution in [-0.2, 0) is 25.5 Å². The maximum atomic E-state index is 13.3. The summed E-state index contributed by atoms with van der Waals surface area (Å²) in [6.07, 6.45) is -1.21. The van der Waals surface area contributed by atoms with Crippen LogP contribution in [-0.4, -0.2) is 55.6 Å². The number of rotatable bonds is 10. The van der Waals surface area contributed by atoms with Gasteiger partial charge in [0.1, 0.15) is 6.04 Å². The van der Waals surface area contributed by atoms with Crippen molar-refractivity contribution in [3.05, 3.63) is 35.2 Å². The van der Waals surface area contributed by atoms with Gasteiger partial charge in [0.2, 0.25) is 5.91 Å². The highest BCUT2D eigenvalue weighted by Crippen LogP contribution is 2.28. The SMILES string of the molecule is CCOC(OCC)[C@H](C)N(Cc1csc2ccccc12)C(=O)[C@H](C)NC(=O)OC. The van der Waals surface area contributed by atoms with Crippen LogP contribution in [0, 0.1) is 0 Å². The molecule has 0 radical (unpaired) electrons. The van der Waals surface area contributed by atoms with Crippen LogP contribution in [0.5, 0.6) is 0 Å². The smallest absolute Gasteiger partial charge is 0.407 e. The Morgan fingerprint density at radius 1 is 1.14 bits per heavy atom. The number of carbonyl (C=O) groups excluding carboxylic acids is 2. The first-order valence-electron chi connectivity index (χ1n) is 9.76. The summed E-state index contributed by atoms with van der Waals surface area (Å²) in [4.78, 5) is 26.6. The molecule has 0 aliphatic carbocycles. The number of hydrogen-bond acceptors (Lipinski definition) is 6. The van der Waals surface area contributed by atoms with Gasteiger partial charge < -0.3 is 24.4 Å². The fourth-order valence-corrected chi connectivity index (χ4v) is 4.06. The van der Waals surface area contributed by atoms with Crippen LogP contribution >= 0.6 is 11.3 Å². The van der Waals surface area contributed by atoms with Crippen molar-refractivity contribution in [2.45, 2.75) is 52.6 Å². The normalized spacial score (nSPS) is 13.3. The third kappa shape index (κ3) is 5.91. The van der Waals surface area contributed by atoms with Gasteiger partial charge in [-0.25, -0.2) is 4.79 Å². The molecule has 2 rings (SSSR count). The van der Waals surface area contributed by atoms with Gasteiger partial charge in [-0.15, -0.1) is 11.3 Å². The maximum Gasteiger partial charge on any atom is 0.407 e. The quantitative estimate of drug-likeness (QED) is 0.590. The van der Waals surface area contributed by atoms with Gasteiger partial charge in [0.25, 0.3) is 0 Å². The lowest BCUT2D eigenvalue weighted by atomic mass is 10.1.